The highest BCUT2D eigenvalue weighted by atomic mass is 32.2. The third kappa shape index (κ3) is 4.65. The molecule has 18 heteroatoms. The molecule has 0 spiro atoms. The SMILES string of the molecule is [2H]CS(=O)(=O)C(O)[C@@](O)([C@@H](O)[C@H](O)[C@](O)(C(O)S(=O)(=O)C[2H])S(=O)(=O)C[2H])S(=O)(=O)C[2H]. The summed E-state index contributed by atoms with van der Waals surface area (Å²) < 4.78 is 123. The molecule has 0 aromatic carbocycles. The van der Waals surface area contributed by atoms with Crippen molar-refractivity contribution in [2.75, 3.05) is 24.9 Å². The van der Waals surface area contributed by atoms with Gasteiger partial charge in [-0.05, 0) is 0 Å². The zero-order chi connectivity index (χ0) is 26.1. The van der Waals surface area contributed by atoms with Crippen LogP contribution in [0.5, 0.6) is 0 Å². The normalized spacial score (nSPS) is 24.9. The maximum atomic E-state index is 12.2. The van der Waals surface area contributed by atoms with E-state index >= 15 is 0 Å². The Labute approximate surface area is 167 Å². The fraction of sp³-hybridized carbons (Fsp3) is 1.00. The van der Waals surface area contributed by atoms with Crippen molar-refractivity contribution in [3.05, 3.63) is 0 Å². The first-order chi connectivity index (χ1) is 14.1. The number of hydrogen-bond donors (Lipinski definition) is 6. The maximum absolute atomic E-state index is 12.2. The van der Waals surface area contributed by atoms with Crippen LogP contribution >= 0.6 is 0 Å². The van der Waals surface area contributed by atoms with Gasteiger partial charge in [0.25, 0.3) is 0 Å². The van der Waals surface area contributed by atoms with Crippen molar-refractivity contribution >= 4 is 39.3 Å². The van der Waals surface area contributed by atoms with Crippen molar-refractivity contribution in [1.29, 1.82) is 0 Å². The molecule has 0 bridgehead atoms. The van der Waals surface area contributed by atoms with E-state index in [0.717, 1.165) is 0 Å². The predicted molar refractivity (Wildman–Crippen MR) is 93.3 cm³/mol. The highest BCUT2D eigenvalue weighted by Crippen LogP contribution is 2.35. The second-order valence-corrected chi connectivity index (χ2v) is 13.0. The van der Waals surface area contributed by atoms with Crippen molar-refractivity contribution in [3.8, 4) is 0 Å². The molecule has 14 nitrogen and oxygen atoms in total. The van der Waals surface area contributed by atoms with Gasteiger partial charge in [0, 0.05) is 30.4 Å². The average molecular weight is 499 g/mol. The van der Waals surface area contributed by atoms with E-state index in [1.165, 1.54) is 0 Å². The fourth-order valence-corrected chi connectivity index (χ4v) is 6.61. The van der Waals surface area contributed by atoms with Crippen molar-refractivity contribution in [3.63, 3.8) is 0 Å². The Morgan fingerprint density at radius 2 is 0.857 bits per heavy atom. The molecule has 0 rings (SSSR count). The van der Waals surface area contributed by atoms with Crippen molar-refractivity contribution in [2.24, 2.45) is 0 Å². The second kappa shape index (κ2) is 7.67. The molecule has 0 fully saturated rings. The van der Waals surface area contributed by atoms with E-state index in [2.05, 4.69) is 0 Å². The van der Waals surface area contributed by atoms with Crippen molar-refractivity contribution < 1.29 is 69.8 Å². The standard InChI is InChI=1S/C10H22O14S4/c1-25(17,18)7(13)9(15,27(3,21)22)5(11)6(12)10(16,28(4,23)24)8(14)26(2,19)20/h5-8,11-16H,1-4H3/t5-,6-,7?,8?,9+,10+/m0/s1/i1D,2D,3D,4D. The first-order valence-electron chi connectivity index (χ1n) is 9.16. The van der Waals surface area contributed by atoms with Crippen LogP contribution in [-0.4, -0.2) is 122 Å². The fourth-order valence-electron chi connectivity index (χ4n) is 1.93. The van der Waals surface area contributed by atoms with Gasteiger partial charge >= 0.3 is 0 Å². The summed E-state index contributed by atoms with van der Waals surface area (Å²) in [4.78, 5) is -9.30. The van der Waals surface area contributed by atoms with Gasteiger partial charge in [0.05, 0.1) is 0 Å². The number of sulfone groups is 4. The molecule has 0 aliphatic carbocycles. The molecule has 28 heavy (non-hydrogen) atoms. The van der Waals surface area contributed by atoms with Gasteiger partial charge in [0.2, 0.25) is 20.7 Å². The third-order valence-corrected chi connectivity index (χ3v) is 8.83. The molecule has 0 radical (unpaired) electrons. The van der Waals surface area contributed by atoms with E-state index in [1.54, 1.807) is 0 Å². The van der Waals surface area contributed by atoms with E-state index in [1.807, 2.05) is 0 Å². The number of aliphatic hydroxyl groups excluding tert-OH is 4. The molecule has 6 N–H and O–H groups in total. The highest BCUT2D eigenvalue weighted by molar-refractivity contribution is 7.96. The Morgan fingerprint density at radius 3 is 1.04 bits per heavy atom. The molecule has 0 saturated carbocycles. The summed E-state index contributed by atoms with van der Waals surface area (Å²) in [5.74, 6) is 0. The minimum Gasteiger partial charge on any atom is -0.386 e. The topological polar surface area (TPSA) is 258 Å². The molecule has 0 aliphatic rings. The van der Waals surface area contributed by atoms with Crippen LogP contribution in [0.2, 0.25) is 0 Å². The van der Waals surface area contributed by atoms with Gasteiger partial charge in [-0.15, -0.1) is 0 Å². The smallest absolute Gasteiger partial charge is 0.235 e. The minimum absolute atomic E-state index is 1.85. The summed E-state index contributed by atoms with van der Waals surface area (Å²) in [6.07, 6.45) is -15.5. The van der Waals surface area contributed by atoms with E-state index in [0.29, 0.717) is 0 Å². The van der Waals surface area contributed by atoms with E-state index in [9.17, 15) is 64.3 Å². The van der Waals surface area contributed by atoms with Crippen molar-refractivity contribution in [2.45, 2.75) is 32.9 Å². The molecule has 0 saturated heterocycles. The number of aliphatic hydroxyl groups is 6. The van der Waals surface area contributed by atoms with Crippen LogP contribution in [0.3, 0.4) is 0 Å². The Morgan fingerprint density at radius 1 is 0.607 bits per heavy atom. The Bertz CT molecular complexity index is 1000. The molecule has 6 atom stereocenters. The van der Waals surface area contributed by atoms with Gasteiger partial charge in [0.15, 0.2) is 39.3 Å². The van der Waals surface area contributed by atoms with Crippen LogP contribution in [0.15, 0.2) is 0 Å². The number of hydrogen-bond acceptors (Lipinski definition) is 14. The molecule has 0 heterocycles. The zero-order valence-corrected chi connectivity index (χ0v) is 17.0. The zero-order valence-electron chi connectivity index (χ0n) is 17.7. The minimum atomic E-state index is -5.80. The molecule has 0 amide bonds. The molecule has 0 aromatic rings. The molecule has 170 valence electrons. The van der Waals surface area contributed by atoms with Crippen molar-refractivity contribution in [1.82, 2.24) is 0 Å². The summed E-state index contributed by atoms with van der Waals surface area (Å²) in [6, 6.07) is 0. The van der Waals surface area contributed by atoms with Crippen LogP contribution < -0.4 is 0 Å². The molecular formula is C10H22O14S4. The van der Waals surface area contributed by atoms with Gasteiger partial charge in [-0.3, -0.25) is 0 Å². The average Bonchev–Trinajstić information content (AvgIpc) is 2.74. The van der Waals surface area contributed by atoms with Crippen LogP contribution in [0.1, 0.15) is 5.48 Å². The first-order valence-corrected chi connectivity index (χ1v) is 13.1. The van der Waals surface area contributed by atoms with Gasteiger partial charge < -0.3 is 30.6 Å². The predicted octanol–water partition coefficient (Wildman–Crippen LogP) is -6.10. The summed E-state index contributed by atoms with van der Waals surface area (Å²) in [6.45, 7) is 0. The Balaban J connectivity index is 7.29. The summed E-state index contributed by atoms with van der Waals surface area (Å²) in [5, 5.41) is 61.0. The Kier molecular flexibility index (Phi) is 5.70. The van der Waals surface area contributed by atoms with Crippen LogP contribution in [0.25, 0.3) is 0 Å². The molecular weight excluding hydrogens is 472 g/mol. The largest absolute Gasteiger partial charge is 0.386 e. The van der Waals surface area contributed by atoms with Crippen LogP contribution in [-0.2, 0) is 39.3 Å². The molecule has 2 unspecified atom stereocenters. The lowest BCUT2D eigenvalue weighted by Crippen LogP contribution is -2.71. The first kappa shape index (κ1) is 20.8. The Hall–Kier alpha value is -0.440. The quantitative estimate of drug-likeness (QED) is 0.173. The molecule has 0 aromatic heterocycles. The summed E-state index contributed by atoms with van der Waals surface area (Å²) in [5.41, 5.74) is -7.50. The lowest BCUT2D eigenvalue weighted by Gasteiger charge is -2.42. The molecule has 0 aliphatic heterocycles. The number of rotatable bonds is 9. The summed E-state index contributed by atoms with van der Waals surface area (Å²) >= 11 is 0. The lowest BCUT2D eigenvalue weighted by atomic mass is 10.0. The van der Waals surface area contributed by atoms with Crippen LogP contribution in [0.4, 0.5) is 0 Å². The summed E-state index contributed by atoms with van der Waals surface area (Å²) in [7, 11) is -22.4. The van der Waals surface area contributed by atoms with Crippen LogP contribution in [0, 0.1) is 0 Å². The second-order valence-electron chi connectivity index (χ2n) is 5.65. The van der Waals surface area contributed by atoms with E-state index in [4.69, 9.17) is 5.48 Å². The lowest BCUT2D eigenvalue weighted by molar-refractivity contribution is -0.162. The van der Waals surface area contributed by atoms with Gasteiger partial charge in [-0.2, -0.15) is 0 Å². The van der Waals surface area contributed by atoms with Gasteiger partial charge in [-0.1, -0.05) is 0 Å². The maximum Gasteiger partial charge on any atom is 0.235 e. The van der Waals surface area contributed by atoms with Gasteiger partial charge in [-0.25, -0.2) is 33.7 Å². The monoisotopic (exact) mass is 498 g/mol. The third-order valence-electron chi connectivity index (χ3n) is 3.53. The van der Waals surface area contributed by atoms with Gasteiger partial charge in [0.1, 0.15) is 12.2 Å². The van der Waals surface area contributed by atoms with E-state index < -0.39 is 97.2 Å². The van der Waals surface area contributed by atoms with E-state index in [-0.39, 0.29) is 0 Å². The highest BCUT2D eigenvalue weighted by Gasteiger charge is 2.66.